The van der Waals surface area contributed by atoms with Gasteiger partial charge in [-0.3, -0.25) is 9.59 Å². The Kier molecular flexibility index (Phi) is 5.51. The van der Waals surface area contributed by atoms with Gasteiger partial charge in [-0.2, -0.15) is 0 Å². The molecule has 3 heterocycles. The molecule has 2 amide bonds. The fourth-order valence-corrected chi connectivity index (χ4v) is 3.39. The molecular formula is C21H19F2N5O2. The van der Waals surface area contributed by atoms with Crippen molar-refractivity contribution in [1.82, 2.24) is 25.6 Å². The second kappa shape index (κ2) is 8.40. The Balaban J connectivity index is 1.56. The Hall–Kier alpha value is -3.62. The Bertz CT molecular complexity index is 1060. The van der Waals surface area contributed by atoms with Gasteiger partial charge in [0.15, 0.2) is 11.6 Å². The first-order valence-electron chi connectivity index (χ1n) is 9.52. The number of nitrogens with one attached hydrogen (secondary N) is 3. The smallest absolute Gasteiger partial charge is 0.242 e. The summed E-state index contributed by atoms with van der Waals surface area (Å²) in [5.41, 5.74) is 2.79. The topological polar surface area (TPSA) is 99.8 Å². The van der Waals surface area contributed by atoms with E-state index in [4.69, 9.17) is 0 Å². The molecule has 30 heavy (non-hydrogen) atoms. The molecule has 1 aromatic carbocycles. The van der Waals surface area contributed by atoms with Crippen LogP contribution in [0.4, 0.5) is 8.78 Å². The van der Waals surface area contributed by atoms with Gasteiger partial charge in [0.2, 0.25) is 11.8 Å². The first kappa shape index (κ1) is 19.7. The summed E-state index contributed by atoms with van der Waals surface area (Å²) in [5, 5.41) is 5.41. The molecule has 7 nitrogen and oxygen atoms in total. The molecular weight excluding hydrogens is 392 g/mol. The zero-order valence-electron chi connectivity index (χ0n) is 15.9. The summed E-state index contributed by atoms with van der Waals surface area (Å²) in [6, 6.07) is 7.25. The SMILES string of the molecule is O=C(CCc1cc(-c2ncc(F)cn2)[nH]c1-c1ccc(F)cc1)NC1CCNC1=O. The summed E-state index contributed by atoms with van der Waals surface area (Å²) in [4.78, 5) is 35.1. The number of nitrogens with zero attached hydrogens (tertiary/aromatic N) is 2. The van der Waals surface area contributed by atoms with Crippen LogP contribution in [0.1, 0.15) is 18.4 Å². The van der Waals surface area contributed by atoms with Gasteiger partial charge < -0.3 is 15.6 Å². The molecule has 0 saturated carbocycles. The number of halogens is 2. The van der Waals surface area contributed by atoms with Gasteiger partial charge in [-0.05, 0) is 54.3 Å². The van der Waals surface area contributed by atoms with E-state index < -0.39 is 11.9 Å². The highest BCUT2D eigenvalue weighted by atomic mass is 19.1. The van der Waals surface area contributed by atoms with Crippen molar-refractivity contribution < 1.29 is 18.4 Å². The predicted molar refractivity (Wildman–Crippen MR) is 105 cm³/mol. The lowest BCUT2D eigenvalue weighted by molar-refractivity contribution is -0.127. The van der Waals surface area contributed by atoms with E-state index in [9.17, 15) is 18.4 Å². The Morgan fingerprint density at radius 1 is 1.13 bits per heavy atom. The van der Waals surface area contributed by atoms with Gasteiger partial charge in [0.05, 0.1) is 18.1 Å². The van der Waals surface area contributed by atoms with Gasteiger partial charge in [0, 0.05) is 18.7 Å². The molecule has 0 aliphatic carbocycles. The van der Waals surface area contributed by atoms with Crippen LogP contribution in [0.25, 0.3) is 22.8 Å². The number of hydrogen-bond acceptors (Lipinski definition) is 4. The molecule has 1 aliphatic rings. The number of rotatable bonds is 6. The highest BCUT2D eigenvalue weighted by Gasteiger charge is 2.25. The van der Waals surface area contributed by atoms with E-state index in [0.717, 1.165) is 23.5 Å². The average molecular weight is 411 g/mol. The molecule has 3 N–H and O–H groups in total. The van der Waals surface area contributed by atoms with Gasteiger partial charge in [-0.15, -0.1) is 0 Å². The zero-order chi connectivity index (χ0) is 21.1. The number of carbonyl (C=O) groups is 2. The normalized spacial score (nSPS) is 15.8. The number of aromatic nitrogens is 3. The quantitative estimate of drug-likeness (QED) is 0.580. The van der Waals surface area contributed by atoms with Crippen molar-refractivity contribution in [3.05, 3.63) is 59.9 Å². The third kappa shape index (κ3) is 4.35. The van der Waals surface area contributed by atoms with Crippen LogP contribution in [-0.2, 0) is 16.0 Å². The van der Waals surface area contributed by atoms with Crippen molar-refractivity contribution in [3.8, 4) is 22.8 Å². The third-order valence-electron chi connectivity index (χ3n) is 4.90. The molecule has 0 spiro atoms. The van der Waals surface area contributed by atoms with E-state index in [-0.39, 0.29) is 24.1 Å². The van der Waals surface area contributed by atoms with Crippen LogP contribution in [-0.4, -0.2) is 39.4 Å². The van der Waals surface area contributed by atoms with Crippen LogP contribution in [0.5, 0.6) is 0 Å². The summed E-state index contributed by atoms with van der Waals surface area (Å²) in [6.07, 6.45) is 3.26. The number of aryl methyl sites for hydroxylation is 1. The van der Waals surface area contributed by atoms with Crippen molar-refractivity contribution in [2.45, 2.75) is 25.3 Å². The van der Waals surface area contributed by atoms with E-state index in [0.29, 0.717) is 36.6 Å². The first-order valence-corrected chi connectivity index (χ1v) is 9.52. The predicted octanol–water partition coefficient (Wildman–Crippen LogP) is 2.35. The number of H-pyrrole nitrogens is 1. The van der Waals surface area contributed by atoms with Crippen molar-refractivity contribution in [2.75, 3.05) is 6.54 Å². The van der Waals surface area contributed by atoms with Gasteiger partial charge in [-0.25, -0.2) is 18.7 Å². The minimum Gasteiger partial charge on any atom is -0.354 e. The summed E-state index contributed by atoms with van der Waals surface area (Å²) >= 11 is 0. The Labute approximate surface area is 170 Å². The summed E-state index contributed by atoms with van der Waals surface area (Å²) in [6.45, 7) is 0.553. The summed E-state index contributed by atoms with van der Waals surface area (Å²) in [5.74, 6) is -1.01. The van der Waals surface area contributed by atoms with Gasteiger partial charge in [0.1, 0.15) is 11.9 Å². The van der Waals surface area contributed by atoms with Gasteiger partial charge in [0.25, 0.3) is 0 Å². The highest BCUT2D eigenvalue weighted by Crippen LogP contribution is 2.29. The van der Waals surface area contributed by atoms with Crippen LogP contribution in [0.2, 0.25) is 0 Å². The lowest BCUT2D eigenvalue weighted by atomic mass is 10.0. The molecule has 3 aromatic rings. The molecule has 2 aromatic heterocycles. The zero-order valence-corrected chi connectivity index (χ0v) is 15.9. The molecule has 9 heteroatoms. The molecule has 1 fully saturated rings. The Morgan fingerprint density at radius 3 is 2.53 bits per heavy atom. The van der Waals surface area contributed by atoms with E-state index in [2.05, 4.69) is 25.6 Å². The minimum atomic E-state index is -0.545. The molecule has 0 bridgehead atoms. The minimum absolute atomic E-state index is 0.166. The standard InChI is InChI=1S/C21H19F2N5O2/c22-14-4-1-12(2-5-14)19-13(3-6-18(29)27-16-7-8-24-21(16)30)9-17(28-19)20-25-10-15(23)11-26-20/h1-2,4-5,9-11,16,28H,3,6-8H2,(H,24,30)(H,27,29). The van der Waals surface area contributed by atoms with Crippen LogP contribution in [0, 0.1) is 11.6 Å². The van der Waals surface area contributed by atoms with Crippen LogP contribution < -0.4 is 10.6 Å². The van der Waals surface area contributed by atoms with Gasteiger partial charge >= 0.3 is 0 Å². The largest absolute Gasteiger partial charge is 0.354 e. The number of carbonyl (C=O) groups excluding carboxylic acids is 2. The van der Waals surface area contributed by atoms with Crippen LogP contribution in [0.3, 0.4) is 0 Å². The fraction of sp³-hybridized carbons (Fsp3) is 0.238. The average Bonchev–Trinajstić information content (AvgIpc) is 3.34. The van der Waals surface area contributed by atoms with E-state index >= 15 is 0 Å². The monoisotopic (exact) mass is 411 g/mol. The lowest BCUT2D eigenvalue weighted by Crippen LogP contribution is -2.40. The molecule has 1 atom stereocenters. The lowest BCUT2D eigenvalue weighted by Gasteiger charge is -2.10. The van der Waals surface area contributed by atoms with Crippen LogP contribution >= 0.6 is 0 Å². The maximum absolute atomic E-state index is 13.3. The van der Waals surface area contributed by atoms with E-state index in [1.54, 1.807) is 18.2 Å². The maximum Gasteiger partial charge on any atom is 0.242 e. The van der Waals surface area contributed by atoms with E-state index in [1.165, 1.54) is 12.1 Å². The van der Waals surface area contributed by atoms with Crippen molar-refractivity contribution in [3.63, 3.8) is 0 Å². The molecule has 1 aliphatic heterocycles. The molecule has 154 valence electrons. The van der Waals surface area contributed by atoms with Crippen molar-refractivity contribution in [2.24, 2.45) is 0 Å². The third-order valence-corrected chi connectivity index (χ3v) is 4.90. The highest BCUT2D eigenvalue weighted by molar-refractivity contribution is 5.89. The maximum atomic E-state index is 13.3. The van der Waals surface area contributed by atoms with E-state index in [1.807, 2.05) is 0 Å². The van der Waals surface area contributed by atoms with Crippen molar-refractivity contribution in [1.29, 1.82) is 0 Å². The van der Waals surface area contributed by atoms with Crippen molar-refractivity contribution >= 4 is 11.8 Å². The number of amides is 2. The second-order valence-corrected chi connectivity index (χ2v) is 7.01. The molecule has 4 rings (SSSR count). The summed E-state index contributed by atoms with van der Waals surface area (Å²) in [7, 11) is 0. The second-order valence-electron chi connectivity index (χ2n) is 7.01. The molecule has 1 saturated heterocycles. The number of hydrogen-bond donors (Lipinski definition) is 3. The van der Waals surface area contributed by atoms with Gasteiger partial charge in [-0.1, -0.05) is 0 Å². The number of aromatic amines is 1. The summed E-state index contributed by atoms with van der Waals surface area (Å²) < 4.78 is 26.5. The molecule has 1 unspecified atom stereocenters. The molecule has 0 radical (unpaired) electrons. The van der Waals surface area contributed by atoms with Crippen LogP contribution in [0.15, 0.2) is 42.7 Å². The first-order chi connectivity index (χ1) is 14.5. The number of benzene rings is 1. The fourth-order valence-electron chi connectivity index (χ4n) is 3.39. The Morgan fingerprint density at radius 2 is 1.87 bits per heavy atom.